The molecular formula is C24H25NO5. The van der Waals surface area contributed by atoms with Crippen molar-refractivity contribution in [1.29, 1.82) is 0 Å². The van der Waals surface area contributed by atoms with Crippen molar-refractivity contribution in [2.75, 3.05) is 0 Å². The molecule has 1 aromatic heterocycles. The summed E-state index contributed by atoms with van der Waals surface area (Å²) in [4.78, 5) is 12.1. The van der Waals surface area contributed by atoms with E-state index in [0.29, 0.717) is 12.3 Å². The Bertz CT molecular complexity index is 1000. The Hall–Kier alpha value is -3.38. The van der Waals surface area contributed by atoms with Crippen LogP contribution in [0.3, 0.4) is 0 Å². The number of rotatable bonds is 7. The Kier molecular flexibility index (Phi) is 6.37. The molecule has 6 nitrogen and oxygen atoms in total. The van der Waals surface area contributed by atoms with Gasteiger partial charge in [0, 0.05) is 11.6 Å². The summed E-state index contributed by atoms with van der Waals surface area (Å²) in [5.41, 5.74) is 1.60. The molecule has 1 heterocycles. The average Bonchev–Trinajstić information content (AvgIpc) is 3.21. The molecule has 1 N–H and O–H groups in total. The van der Waals surface area contributed by atoms with Crippen LogP contribution in [0.2, 0.25) is 0 Å². The van der Waals surface area contributed by atoms with Gasteiger partial charge in [-0.25, -0.2) is 4.79 Å². The van der Waals surface area contributed by atoms with E-state index in [1.54, 1.807) is 26.8 Å². The van der Waals surface area contributed by atoms with E-state index in [2.05, 4.69) is 11.7 Å². The van der Waals surface area contributed by atoms with E-state index in [1.807, 2.05) is 54.6 Å². The van der Waals surface area contributed by atoms with Crippen LogP contribution in [0.15, 0.2) is 77.3 Å². The normalized spacial score (nSPS) is 12.3. The molecule has 3 aromatic rings. The minimum atomic E-state index is -1.34. The minimum absolute atomic E-state index is 0.114. The first kappa shape index (κ1) is 21.3. The lowest BCUT2D eigenvalue weighted by Crippen LogP contribution is -2.26. The second-order valence-electron chi connectivity index (χ2n) is 7.84. The highest BCUT2D eigenvalue weighted by atomic mass is 16.6. The summed E-state index contributed by atoms with van der Waals surface area (Å²) in [5, 5.41) is 14.4. The lowest BCUT2D eigenvalue weighted by molar-refractivity contribution is -0.151. The fourth-order valence-corrected chi connectivity index (χ4v) is 2.64. The highest BCUT2D eigenvalue weighted by molar-refractivity contribution is 5.89. The van der Waals surface area contributed by atoms with E-state index in [4.69, 9.17) is 14.0 Å². The summed E-state index contributed by atoms with van der Waals surface area (Å²) in [6.07, 6.45) is -1.34. The summed E-state index contributed by atoms with van der Waals surface area (Å²) in [6.45, 7) is 9.33. The van der Waals surface area contributed by atoms with Crippen molar-refractivity contribution in [3.63, 3.8) is 0 Å². The van der Waals surface area contributed by atoms with Crippen LogP contribution in [0.25, 0.3) is 11.3 Å². The molecule has 0 aliphatic heterocycles. The van der Waals surface area contributed by atoms with Crippen LogP contribution in [-0.2, 0) is 16.1 Å². The van der Waals surface area contributed by atoms with Gasteiger partial charge in [-0.1, -0.05) is 42.1 Å². The maximum atomic E-state index is 12.1. The maximum Gasteiger partial charge on any atom is 0.337 e. The van der Waals surface area contributed by atoms with Crippen molar-refractivity contribution in [1.82, 2.24) is 5.16 Å². The molecule has 156 valence electrons. The highest BCUT2D eigenvalue weighted by Crippen LogP contribution is 2.28. The molecule has 1 atom stereocenters. The SMILES string of the molecule is C=C(C(=O)OC(C)(C)C)C(O)c1cc(-c2ccc(OCc3ccccc3)cc2)no1. The zero-order chi connectivity index (χ0) is 21.7. The number of carbonyl (C=O) groups is 1. The number of aromatic nitrogens is 1. The van der Waals surface area contributed by atoms with Gasteiger partial charge in [0.2, 0.25) is 0 Å². The monoisotopic (exact) mass is 407 g/mol. The van der Waals surface area contributed by atoms with Gasteiger partial charge >= 0.3 is 5.97 Å². The van der Waals surface area contributed by atoms with Crippen molar-refractivity contribution in [3.05, 3.63) is 84.1 Å². The number of hydrogen-bond donors (Lipinski definition) is 1. The molecule has 1 unspecified atom stereocenters. The first-order valence-corrected chi connectivity index (χ1v) is 9.57. The van der Waals surface area contributed by atoms with Crippen molar-refractivity contribution in [2.24, 2.45) is 0 Å². The van der Waals surface area contributed by atoms with Crippen LogP contribution in [0, 0.1) is 0 Å². The number of ether oxygens (including phenoxy) is 2. The number of aliphatic hydroxyl groups is 1. The molecule has 0 saturated heterocycles. The molecule has 2 aromatic carbocycles. The minimum Gasteiger partial charge on any atom is -0.489 e. The van der Waals surface area contributed by atoms with Gasteiger partial charge in [0.15, 0.2) is 5.76 Å². The molecule has 0 saturated carbocycles. The van der Waals surface area contributed by atoms with Crippen LogP contribution < -0.4 is 4.74 Å². The van der Waals surface area contributed by atoms with Gasteiger partial charge in [-0.05, 0) is 50.6 Å². The van der Waals surface area contributed by atoms with E-state index in [-0.39, 0.29) is 11.3 Å². The lowest BCUT2D eigenvalue weighted by atomic mass is 10.1. The first-order valence-electron chi connectivity index (χ1n) is 9.57. The number of hydrogen-bond acceptors (Lipinski definition) is 6. The molecule has 0 fully saturated rings. The number of nitrogens with zero attached hydrogens (tertiary/aromatic N) is 1. The molecule has 3 rings (SSSR count). The van der Waals surface area contributed by atoms with Crippen LogP contribution in [0.1, 0.15) is 38.2 Å². The van der Waals surface area contributed by atoms with Gasteiger partial charge in [-0.2, -0.15) is 0 Å². The quantitative estimate of drug-likeness (QED) is 0.445. The molecule has 0 aliphatic carbocycles. The Labute approximate surface area is 175 Å². The van der Waals surface area contributed by atoms with E-state index in [9.17, 15) is 9.90 Å². The third-order valence-electron chi connectivity index (χ3n) is 4.19. The van der Waals surface area contributed by atoms with E-state index in [1.165, 1.54) is 0 Å². The predicted octanol–water partition coefficient (Wildman–Crippen LogP) is 4.85. The van der Waals surface area contributed by atoms with Crippen LogP contribution in [-0.4, -0.2) is 21.8 Å². The lowest BCUT2D eigenvalue weighted by Gasteiger charge is -2.21. The third kappa shape index (κ3) is 5.58. The summed E-state index contributed by atoms with van der Waals surface area (Å²) in [7, 11) is 0. The second-order valence-corrected chi connectivity index (χ2v) is 7.84. The Morgan fingerprint density at radius 2 is 1.80 bits per heavy atom. The predicted molar refractivity (Wildman–Crippen MR) is 113 cm³/mol. The van der Waals surface area contributed by atoms with Crippen molar-refractivity contribution in [3.8, 4) is 17.0 Å². The van der Waals surface area contributed by atoms with Crippen molar-refractivity contribution in [2.45, 2.75) is 39.1 Å². The molecule has 0 amide bonds. The molecule has 6 heteroatoms. The Morgan fingerprint density at radius 1 is 1.13 bits per heavy atom. The second kappa shape index (κ2) is 8.97. The van der Waals surface area contributed by atoms with E-state index >= 15 is 0 Å². The fourth-order valence-electron chi connectivity index (χ4n) is 2.64. The number of carbonyl (C=O) groups excluding carboxylic acids is 1. The standard InChI is InChI=1S/C24H25NO5/c1-16(23(27)29-24(2,3)4)22(26)21-14-20(25-30-21)18-10-12-19(13-11-18)28-15-17-8-6-5-7-9-17/h5-14,22,26H,1,15H2,2-4H3. The van der Waals surface area contributed by atoms with Gasteiger partial charge < -0.3 is 19.1 Å². The Morgan fingerprint density at radius 3 is 2.43 bits per heavy atom. The summed E-state index contributed by atoms with van der Waals surface area (Å²) >= 11 is 0. The summed E-state index contributed by atoms with van der Waals surface area (Å²) in [6, 6.07) is 18.8. The zero-order valence-corrected chi connectivity index (χ0v) is 17.3. The molecule has 0 radical (unpaired) electrons. The third-order valence-corrected chi connectivity index (χ3v) is 4.19. The maximum absolute atomic E-state index is 12.1. The highest BCUT2D eigenvalue weighted by Gasteiger charge is 2.27. The first-order chi connectivity index (χ1) is 14.2. The molecule has 0 bridgehead atoms. The summed E-state index contributed by atoms with van der Waals surface area (Å²) in [5.74, 6) is 0.155. The topological polar surface area (TPSA) is 81.8 Å². The van der Waals surface area contributed by atoms with Gasteiger partial charge in [0.1, 0.15) is 29.8 Å². The smallest absolute Gasteiger partial charge is 0.337 e. The van der Waals surface area contributed by atoms with Crippen LogP contribution in [0.5, 0.6) is 5.75 Å². The van der Waals surface area contributed by atoms with E-state index < -0.39 is 17.7 Å². The van der Waals surface area contributed by atoms with E-state index in [0.717, 1.165) is 16.9 Å². The molecule has 0 spiro atoms. The van der Waals surface area contributed by atoms with Crippen molar-refractivity contribution >= 4 is 5.97 Å². The molecular weight excluding hydrogens is 382 g/mol. The van der Waals surface area contributed by atoms with Gasteiger partial charge in [0.05, 0.1) is 5.57 Å². The average molecular weight is 407 g/mol. The number of esters is 1. The van der Waals surface area contributed by atoms with Crippen LogP contribution >= 0.6 is 0 Å². The number of benzene rings is 2. The molecule has 30 heavy (non-hydrogen) atoms. The van der Waals surface area contributed by atoms with Gasteiger partial charge in [0.25, 0.3) is 0 Å². The van der Waals surface area contributed by atoms with Crippen molar-refractivity contribution < 1.29 is 23.9 Å². The largest absolute Gasteiger partial charge is 0.489 e. The Balaban J connectivity index is 1.64. The van der Waals surface area contributed by atoms with Gasteiger partial charge in [-0.3, -0.25) is 0 Å². The summed E-state index contributed by atoms with van der Waals surface area (Å²) < 4.78 is 16.2. The zero-order valence-electron chi connectivity index (χ0n) is 17.3. The fraction of sp³-hybridized carbons (Fsp3) is 0.250. The number of aliphatic hydroxyl groups excluding tert-OH is 1. The molecule has 0 aliphatic rings. The van der Waals surface area contributed by atoms with Gasteiger partial charge in [-0.15, -0.1) is 0 Å². The van der Waals surface area contributed by atoms with Crippen LogP contribution in [0.4, 0.5) is 0 Å².